The van der Waals surface area contributed by atoms with Crippen molar-refractivity contribution in [3.8, 4) is 0 Å². The summed E-state index contributed by atoms with van der Waals surface area (Å²) in [5.41, 5.74) is 0. The zero-order valence-electron chi connectivity index (χ0n) is 11.3. The Morgan fingerprint density at radius 1 is 1.20 bits per heavy atom. The molecule has 0 aromatic carbocycles. The second-order valence-electron chi connectivity index (χ2n) is 5.64. The first kappa shape index (κ1) is 13.6. The van der Waals surface area contributed by atoms with Crippen molar-refractivity contribution < 1.29 is 24.2 Å². The molecule has 7 nitrogen and oxygen atoms in total. The third-order valence-electron chi connectivity index (χ3n) is 4.21. The van der Waals surface area contributed by atoms with Gasteiger partial charge in [-0.1, -0.05) is 0 Å². The van der Waals surface area contributed by atoms with Crippen molar-refractivity contribution in [3.05, 3.63) is 0 Å². The van der Waals surface area contributed by atoms with Gasteiger partial charge in [0, 0.05) is 13.2 Å². The molecule has 2 N–H and O–H groups in total. The van der Waals surface area contributed by atoms with Crippen molar-refractivity contribution in [2.24, 2.45) is 5.92 Å². The number of rotatable bonds is 3. The van der Waals surface area contributed by atoms with Gasteiger partial charge in [-0.15, -0.1) is 0 Å². The molecule has 1 aliphatic carbocycles. The van der Waals surface area contributed by atoms with Crippen LogP contribution >= 0.6 is 0 Å². The average Bonchev–Trinajstić information content (AvgIpc) is 3.19. The topological polar surface area (TPSA) is 88.1 Å². The Labute approximate surface area is 117 Å². The van der Waals surface area contributed by atoms with Crippen LogP contribution in [-0.2, 0) is 14.3 Å². The molecule has 3 aliphatic rings. The van der Waals surface area contributed by atoms with Crippen molar-refractivity contribution in [2.45, 2.75) is 37.5 Å². The zero-order valence-corrected chi connectivity index (χ0v) is 11.3. The molecule has 20 heavy (non-hydrogen) atoms. The molecule has 3 rings (SSSR count). The minimum Gasteiger partial charge on any atom is -0.480 e. The summed E-state index contributed by atoms with van der Waals surface area (Å²) in [7, 11) is 0. The van der Waals surface area contributed by atoms with E-state index in [0.717, 1.165) is 19.3 Å². The predicted octanol–water partition coefficient (Wildman–Crippen LogP) is 0.0489. The smallest absolute Gasteiger partial charge is 0.328 e. The highest BCUT2D eigenvalue weighted by Crippen LogP contribution is 2.38. The maximum absolute atomic E-state index is 12.3. The number of ether oxygens (including phenoxy) is 2. The van der Waals surface area contributed by atoms with Gasteiger partial charge in [0.15, 0.2) is 6.04 Å². The Balaban J connectivity index is 1.61. The first-order chi connectivity index (χ1) is 9.66. The highest BCUT2D eigenvalue weighted by atomic mass is 16.5. The van der Waals surface area contributed by atoms with Gasteiger partial charge in [0.1, 0.15) is 0 Å². The number of urea groups is 1. The van der Waals surface area contributed by atoms with Crippen LogP contribution in [0.1, 0.15) is 19.3 Å². The lowest BCUT2D eigenvalue weighted by Gasteiger charge is -2.34. The number of carbonyl (C=O) groups excluding carboxylic acids is 1. The van der Waals surface area contributed by atoms with E-state index in [4.69, 9.17) is 14.6 Å². The third kappa shape index (κ3) is 2.73. The van der Waals surface area contributed by atoms with Crippen LogP contribution in [-0.4, -0.2) is 66.6 Å². The number of carboxylic acids is 1. The lowest BCUT2D eigenvalue weighted by Crippen LogP contribution is -2.58. The quantitative estimate of drug-likeness (QED) is 0.764. The SMILES string of the molecule is O=C(O)C1COCCN1C(=O)NC1CCOC1C1CC1. The van der Waals surface area contributed by atoms with Crippen LogP contribution < -0.4 is 5.32 Å². The maximum atomic E-state index is 12.3. The number of carboxylic acid groups (broad SMARTS) is 1. The fourth-order valence-electron chi connectivity index (χ4n) is 2.95. The summed E-state index contributed by atoms with van der Waals surface area (Å²) in [6, 6.07) is -1.21. The molecule has 2 amide bonds. The summed E-state index contributed by atoms with van der Waals surface area (Å²) in [6.07, 6.45) is 3.22. The molecule has 7 heteroatoms. The number of aliphatic carboxylic acids is 1. The van der Waals surface area contributed by atoms with Gasteiger partial charge in [-0.2, -0.15) is 0 Å². The third-order valence-corrected chi connectivity index (χ3v) is 4.21. The van der Waals surface area contributed by atoms with Crippen LogP contribution in [0.3, 0.4) is 0 Å². The highest BCUT2D eigenvalue weighted by Gasteiger charge is 2.42. The molecular weight excluding hydrogens is 264 g/mol. The molecule has 0 bridgehead atoms. The highest BCUT2D eigenvalue weighted by molar-refractivity contribution is 5.83. The number of hydrogen-bond acceptors (Lipinski definition) is 4. The number of amides is 2. The molecular formula is C13H20N2O5. The first-order valence-corrected chi connectivity index (χ1v) is 7.16. The minimum atomic E-state index is -1.03. The lowest BCUT2D eigenvalue weighted by atomic mass is 10.1. The van der Waals surface area contributed by atoms with E-state index >= 15 is 0 Å². The van der Waals surface area contributed by atoms with Gasteiger partial charge in [0.25, 0.3) is 0 Å². The van der Waals surface area contributed by atoms with Crippen LogP contribution in [0.5, 0.6) is 0 Å². The van der Waals surface area contributed by atoms with Crippen molar-refractivity contribution >= 4 is 12.0 Å². The molecule has 0 aromatic heterocycles. The van der Waals surface area contributed by atoms with Crippen LogP contribution in [0.15, 0.2) is 0 Å². The standard InChI is InChI=1S/C13H20N2O5/c16-12(17)10-7-19-6-4-15(10)13(18)14-9-3-5-20-11(9)8-1-2-8/h8-11H,1-7H2,(H,14,18)(H,16,17). The molecule has 3 unspecified atom stereocenters. The maximum Gasteiger partial charge on any atom is 0.328 e. The van der Waals surface area contributed by atoms with Crippen LogP contribution in [0, 0.1) is 5.92 Å². The van der Waals surface area contributed by atoms with Crippen LogP contribution in [0.2, 0.25) is 0 Å². The lowest BCUT2D eigenvalue weighted by molar-refractivity contribution is -0.147. The van der Waals surface area contributed by atoms with Gasteiger partial charge in [0.05, 0.1) is 25.4 Å². The van der Waals surface area contributed by atoms with E-state index in [-0.39, 0.29) is 24.8 Å². The molecule has 2 saturated heterocycles. The molecule has 2 heterocycles. The number of morpholine rings is 1. The molecule has 112 valence electrons. The number of nitrogens with zero attached hydrogens (tertiary/aromatic N) is 1. The summed E-state index contributed by atoms with van der Waals surface area (Å²) >= 11 is 0. The largest absolute Gasteiger partial charge is 0.480 e. The first-order valence-electron chi connectivity index (χ1n) is 7.16. The number of nitrogens with one attached hydrogen (secondary N) is 1. The Kier molecular flexibility index (Phi) is 3.80. The van der Waals surface area contributed by atoms with Gasteiger partial charge in [-0.25, -0.2) is 9.59 Å². The Hall–Kier alpha value is -1.34. The van der Waals surface area contributed by atoms with E-state index in [1.54, 1.807) is 0 Å². The fourth-order valence-corrected chi connectivity index (χ4v) is 2.95. The molecule has 0 radical (unpaired) electrons. The summed E-state index contributed by atoms with van der Waals surface area (Å²) in [5.74, 6) is -0.468. The number of carbonyl (C=O) groups is 2. The van der Waals surface area contributed by atoms with Crippen molar-refractivity contribution in [2.75, 3.05) is 26.4 Å². The van der Waals surface area contributed by atoms with E-state index in [1.165, 1.54) is 4.90 Å². The summed E-state index contributed by atoms with van der Waals surface area (Å²) in [5, 5.41) is 12.1. The van der Waals surface area contributed by atoms with Crippen molar-refractivity contribution in [3.63, 3.8) is 0 Å². The van der Waals surface area contributed by atoms with Gasteiger partial charge < -0.3 is 24.8 Å². The van der Waals surface area contributed by atoms with Gasteiger partial charge in [-0.05, 0) is 25.2 Å². The second kappa shape index (κ2) is 5.57. The predicted molar refractivity (Wildman–Crippen MR) is 68.3 cm³/mol. The monoisotopic (exact) mass is 284 g/mol. The zero-order chi connectivity index (χ0) is 14.1. The molecule has 3 atom stereocenters. The Bertz CT molecular complexity index is 398. The van der Waals surface area contributed by atoms with E-state index in [0.29, 0.717) is 25.7 Å². The molecule has 1 saturated carbocycles. The second-order valence-corrected chi connectivity index (χ2v) is 5.64. The molecule has 3 fully saturated rings. The van der Waals surface area contributed by atoms with Gasteiger partial charge in [-0.3, -0.25) is 0 Å². The average molecular weight is 284 g/mol. The molecule has 2 aliphatic heterocycles. The van der Waals surface area contributed by atoms with E-state index in [9.17, 15) is 9.59 Å². The minimum absolute atomic E-state index is 0.00675. The van der Waals surface area contributed by atoms with Crippen molar-refractivity contribution in [1.29, 1.82) is 0 Å². The Morgan fingerprint density at radius 3 is 2.70 bits per heavy atom. The molecule has 0 aromatic rings. The van der Waals surface area contributed by atoms with Crippen LogP contribution in [0.4, 0.5) is 4.79 Å². The number of hydrogen-bond donors (Lipinski definition) is 2. The van der Waals surface area contributed by atoms with E-state index in [1.807, 2.05) is 0 Å². The summed E-state index contributed by atoms with van der Waals surface area (Å²) < 4.78 is 10.8. The summed E-state index contributed by atoms with van der Waals surface area (Å²) in [4.78, 5) is 24.8. The van der Waals surface area contributed by atoms with Crippen molar-refractivity contribution in [1.82, 2.24) is 10.2 Å². The van der Waals surface area contributed by atoms with Crippen LogP contribution in [0.25, 0.3) is 0 Å². The fraction of sp³-hybridized carbons (Fsp3) is 0.846. The summed E-state index contributed by atoms with van der Waals surface area (Å²) in [6.45, 7) is 1.41. The van der Waals surface area contributed by atoms with E-state index < -0.39 is 12.0 Å². The van der Waals surface area contributed by atoms with Gasteiger partial charge >= 0.3 is 12.0 Å². The normalized spacial score (nSPS) is 34.0. The van der Waals surface area contributed by atoms with E-state index in [2.05, 4.69) is 5.32 Å². The Morgan fingerprint density at radius 2 is 2.00 bits per heavy atom. The van der Waals surface area contributed by atoms with Gasteiger partial charge in [0.2, 0.25) is 0 Å². The molecule has 0 spiro atoms.